The summed E-state index contributed by atoms with van der Waals surface area (Å²) < 4.78 is 5.38. The second kappa shape index (κ2) is 11.7. The number of hydrogen-bond donors (Lipinski definition) is 0. The first-order chi connectivity index (χ1) is 15.0. The molecule has 31 heavy (non-hydrogen) atoms. The Kier molecular flexibility index (Phi) is 9.02. The minimum atomic E-state index is 0.210. The average Bonchev–Trinajstić information content (AvgIpc) is 2.79. The fourth-order valence-electron chi connectivity index (χ4n) is 4.77. The van der Waals surface area contributed by atoms with Crippen LogP contribution in [0.5, 0.6) is 0 Å². The average molecular weight is 431 g/mol. The van der Waals surface area contributed by atoms with Gasteiger partial charge in [-0.05, 0) is 62.8 Å². The third-order valence-corrected chi connectivity index (χ3v) is 6.78. The van der Waals surface area contributed by atoms with Gasteiger partial charge < -0.3 is 24.3 Å². The summed E-state index contributed by atoms with van der Waals surface area (Å²) in [4.78, 5) is 21.6. The van der Waals surface area contributed by atoms with Gasteiger partial charge in [-0.2, -0.15) is 0 Å². The molecule has 174 valence electrons. The molecule has 0 saturated carbocycles. The van der Waals surface area contributed by atoms with Crippen molar-refractivity contribution in [3.05, 3.63) is 29.8 Å². The molecule has 2 saturated heterocycles. The molecule has 0 aliphatic carbocycles. The number of carbonyl (C=O) groups excluding carboxylic acids is 1. The third kappa shape index (κ3) is 6.84. The van der Waals surface area contributed by atoms with Crippen molar-refractivity contribution in [1.82, 2.24) is 14.7 Å². The highest BCUT2D eigenvalue weighted by Gasteiger charge is 2.28. The van der Waals surface area contributed by atoms with E-state index >= 15 is 0 Å². The van der Waals surface area contributed by atoms with Crippen LogP contribution in [0.2, 0.25) is 0 Å². The number of nitrogens with zero attached hydrogens (tertiary/aromatic N) is 4. The van der Waals surface area contributed by atoms with Gasteiger partial charge in [0.1, 0.15) is 0 Å². The van der Waals surface area contributed by atoms with E-state index in [1.165, 1.54) is 17.7 Å². The zero-order chi connectivity index (χ0) is 22.2. The number of anilines is 1. The summed E-state index contributed by atoms with van der Waals surface area (Å²) in [6, 6.07) is 9.71. The van der Waals surface area contributed by atoms with Gasteiger partial charge in [0.05, 0.1) is 13.2 Å². The second-order valence-corrected chi connectivity index (χ2v) is 9.42. The van der Waals surface area contributed by atoms with E-state index in [-0.39, 0.29) is 6.03 Å². The fourth-order valence-corrected chi connectivity index (χ4v) is 4.77. The molecule has 1 aromatic carbocycles. The van der Waals surface area contributed by atoms with Crippen LogP contribution >= 0.6 is 0 Å². The molecule has 0 bridgehead atoms. The van der Waals surface area contributed by atoms with E-state index in [2.05, 4.69) is 66.9 Å². The van der Waals surface area contributed by atoms with E-state index < -0.39 is 0 Å². The number of morpholine rings is 1. The summed E-state index contributed by atoms with van der Waals surface area (Å²) in [5.74, 6) is 0.679. The molecule has 1 aromatic rings. The monoisotopic (exact) mass is 430 g/mol. The Morgan fingerprint density at radius 2 is 1.68 bits per heavy atom. The van der Waals surface area contributed by atoms with Crippen LogP contribution in [0.25, 0.3) is 0 Å². The Morgan fingerprint density at radius 1 is 1.06 bits per heavy atom. The van der Waals surface area contributed by atoms with Crippen molar-refractivity contribution < 1.29 is 9.53 Å². The quantitative estimate of drug-likeness (QED) is 0.632. The van der Waals surface area contributed by atoms with Crippen LogP contribution in [-0.4, -0.2) is 93.4 Å². The molecule has 3 rings (SSSR count). The van der Waals surface area contributed by atoms with Crippen molar-refractivity contribution >= 4 is 11.7 Å². The topological polar surface area (TPSA) is 39.3 Å². The van der Waals surface area contributed by atoms with Gasteiger partial charge >= 0.3 is 6.03 Å². The lowest BCUT2D eigenvalue weighted by Gasteiger charge is -2.39. The van der Waals surface area contributed by atoms with E-state index in [1.54, 1.807) is 0 Å². The molecule has 1 atom stereocenters. The number of amides is 2. The van der Waals surface area contributed by atoms with Gasteiger partial charge in [-0.3, -0.25) is 0 Å². The molecule has 2 fully saturated rings. The van der Waals surface area contributed by atoms with Gasteiger partial charge in [0, 0.05) is 58.5 Å². The zero-order valence-corrected chi connectivity index (χ0v) is 20.1. The molecule has 0 N–H and O–H groups in total. The van der Waals surface area contributed by atoms with Crippen LogP contribution in [0.1, 0.15) is 38.7 Å². The van der Waals surface area contributed by atoms with Gasteiger partial charge in [-0.15, -0.1) is 0 Å². The fraction of sp³-hybridized carbons (Fsp3) is 0.720. The summed E-state index contributed by atoms with van der Waals surface area (Å²) in [5.41, 5.74) is 2.66. The summed E-state index contributed by atoms with van der Waals surface area (Å²) in [6.45, 7) is 11.5. The number of carbonyl (C=O) groups is 1. The minimum absolute atomic E-state index is 0.210. The summed E-state index contributed by atoms with van der Waals surface area (Å²) in [7, 11) is 4.17. The largest absolute Gasteiger partial charge is 0.378 e. The predicted molar refractivity (Wildman–Crippen MR) is 128 cm³/mol. The van der Waals surface area contributed by atoms with Crippen LogP contribution in [-0.2, 0) is 11.2 Å². The van der Waals surface area contributed by atoms with Gasteiger partial charge in [0.15, 0.2) is 0 Å². The maximum Gasteiger partial charge on any atom is 0.320 e. The van der Waals surface area contributed by atoms with E-state index in [4.69, 9.17) is 4.74 Å². The first-order valence-corrected chi connectivity index (χ1v) is 12.1. The Morgan fingerprint density at radius 3 is 2.26 bits per heavy atom. The van der Waals surface area contributed by atoms with Crippen LogP contribution in [0.3, 0.4) is 0 Å². The van der Waals surface area contributed by atoms with Gasteiger partial charge in [0.2, 0.25) is 0 Å². The predicted octanol–water partition coefficient (Wildman–Crippen LogP) is 3.56. The molecule has 0 radical (unpaired) electrons. The van der Waals surface area contributed by atoms with Crippen LogP contribution in [0, 0.1) is 5.92 Å². The highest BCUT2D eigenvalue weighted by molar-refractivity contribution is 5.74. The van der Waals surface area contributed by atoms with Crippen LogP contribution in [0.15, 0.2) is 24.3 Å². The number of benzene rings is 1. The Hall–Kier alpha value is -1.79. The van der Waals surface area contributed by atoms with Crippen molar-refractivity contribution in [3.8, 4) is 0 Å². The molecule has 6 heteroatoms. The summed E-state index contributed by atoms with van der Waals surface area (Å²) >= 11 is 0. The molecule has 0 spiro atoms. The van der Waals surface area contributed by atoms with Gasteiger partial charge in [-0.25, -0.2) is 4.79 Å². The molecular formula is C25H42N4O2. The lowest BCUT2D eigenvalue weighted by molar-refractivity contribution is 0.0386. The van der Waals surface area contributed by atoms with Gasteiger partial charge in [-0.1, -0.05) is 19.1 Å². The van der Waals surface area contributed by atoms with Crippen LogP contribution in [0.4, 0.5) is 10.5 Å². The minimum Gasteiger partial charge on any atom is -0.378 e. The summed E-state index contributed by atoms with van der Waals surface area (Å²) in [6.07, 6.45) is 4.49. The maximum atomic E-state index is 12.7. The maximum absolute atomic E-state index is 12.7. The van der Waals surface area contributed by atoms with Crippen molar-refractivity contribution in [1.29, 1.82) is 0 Å². The normalized spacial score (nSPS) is 19.0. The molecule has 2 aliphatic heterocycles. The Bertz CT molecular complexity index is 665. The first-order valence-electron chi connectivity index (χ1n) is 12.1. The van der Waals surface area contributed by atoms with Crippen molar-refractivity contribution in [3.63, 3.8) is 0 Å². The third-order valence-electron chi connectivity index (χ3n) is 6.78. The molecule has 0 aromatic heterocycles. The van der Waals surface area contributed by atoms with Gasteiger partial charge in [0.25, 0.3) is 0 Å². The van der Waals surface area contributed by atoms with Crippen LogP contribution < -0.4 is 4.90 Å². The summed E-state index contributed by atoms with van der Waals surface area (Å²) in [5, 5.41) is 0. The highest BCUT2D eigenvalue weighted by atomic mass is 16.5. The molecule has 2 aliphatic rings. The molecule has 1 unspecified atom stereocenters. The first kappa shape index (κ1) is 23.9. The van der Waals surface area contributed by atoms with E-state index in [0.717, 1.165) is 58.5 Å². The number of rotatable bonds is 8. The lowest BCUT2D eigenvalue weighted by Crippen LogP contribution is -2.51. The number of piperidine rings is 1. The van der Waals surface area contributed by atoms with E-state index in [1.807, 2.05) is 4.90 Å². The highest BCUT2D eigenvalue weighted by Crippen LogP contribution is 2.22. The number of urea groups is 1. The lowest BCUT2D eigenvalue weighted by atomic mass is 9.95. The number of ether oxygens (including phenoxy) is 1. The molecule has 2 heterocycles. The van der Waals surface area contributed by atoms with E-state index in [0.29, 0.717) is 25.2 Å². The molecular weight excluding hydrogens is 388 g/mol. The van der Waals surface area contributed by atoms with Crippen molar-refractivity contribution in [2.24, 2.45) is 5.92 Å². The standard InChI is InChI=1S/C25H42N4O2/c1-5-12-29(21(2)19-22-6-8-24(9-7-22)26(3)4)20-23-10-13-27(14-11-23)25(30)28-15-17-31-18-16-28/h6-9,21,23H,5,10-20H2,1-4H3. The smallest absolute Gasteiger partial charge is 0.320 e. The van der Waals surface area contributed by atoms with E-state index in [9.17, 15) is 4.79 Å². The SMILES string of the molecule is CCCN(CC1CCN(C(=O)N2CCOCC2)CC1)C(C)Cc1ccc(N(C)C)cc1. The molecule has 2 amide bonds. The Labute approximate surface area is 189 Å². The number of hydrogen-bond acceptors (Lipinski definition) is 4. The molecule has 6 nitrogen and oxygen atoms in total. The van der Waals surface area contributed by atoms with Crippen molar-refractivity contribution in [2.75, 3.05) is 71.5 Å². The van der Waals surface area contributed by atoms with Crippen molar-refractivity contribution in [2.45, 2.75) is 45.6 Å². The second-order valence-electron chi connectivity index (χ2n) is 9.42. The Balaban J connectivity index is 1.48. The zero-order valence-electron chi connectivity index (χ0n) is 20.1. The number of likely N-dealkylation sites (tertiary alicyclic amines) is 1.